The summed E-state index contributed by atoms with van der Waals surface area (Å²) < 4.78 is 1.06. The van der Waals surface area contributed by atoms with Crippen molar-refractivity contribution in [2.24, 2.45) is 4.99 Å². The lowest BCUT2D eigenvalue weighted by atomic mass is 10.2. The average molecular weight is 375 g/mol. The van der Waals surface area contributed by atoms with E-state index in [1.54, 1.807) is 35.9 Å². The molecule has 4 heterocycles. The quantitative estimate of drug-likeness (QED) is 0.359. The van der Waals surface area contributed by atoms with E-state index in [1.807, 2.05) is 23.6 Å². The van der Waals surface area contributed by atoms with Gasteiger partial charge in [-0.1, -0.05) is 24.0 Å². The Morgan fingerprint density at radius 2 is 2.08 bits per heavy atom. The fraction of sp³-hybridized carbons (Fsp3) is 0. The van der Waals surface area contributed by atoms with Gasteiger partial charge in [-0.25, -0.2) is 4.98 Å². The zero-order valence-electron chi connectivity index (χ0n) is 13.7. The number of aliphatic imine (C=N–C) groups is 1. The van der Waals surface area contributed by atoms with Crippen molar-refractivity contribution >= 4 is 45.2 Å². The number of rotatable bonds is 5. The average Bonchev–Trinajstić information content (AvgIpc) is 3.35. The Morgan fingerprint density at radius 1 is 1.19 bits per heavy atom. The Morgan fingerprint density at radius 3 is 2.85 bits per heavy atom. The summed E-state index contributed by atoms with van der Waals surface area (Å²) in [5.74, 6) is 0. The molecule has 0 aromatic carbocycles. The summed E-state index contributed by atoms with van der Waals surface area (Å²) in [4.78, 5) is 13.0. The zero-order chi connectivity index (χ0) is 17.9. The van der Waals surface area contributed by atoms with Crippen molar-refractivity contribution in [2.45, 2.75) is 0 Å². The minimum atomic E-state index is 0.686. The maximum atomic E-state index is 4.79. The number of fused-ring (bicyclic) bond motifs is 1. The molecule has 0 spiro atoms. The summed E-state index contributed by atoms with van der Waals surface area (Å²) >= 11 is 3.11. The fourth-order valence-corrected chi connectivity index (χ4v) is 4.18. The Balaban J connectivity index is 1.85. The van der Waals surface area contributed by atoms with Crippen molar-refractivity contribution in [3.05, 3.63) is 66.5 Å². The van der Waals surface area contributed by atoms with Crippen LogP contribution in [-0.4, -0.2) is 26.9 Å². The molecule has 126 valence electrons. The van der Waals surface area contributed by atoms with Crippen LogP contribution in [0.3, 0.4) is 0 Å². The molecule has 0 atom stereocenters. The maximum Gasteiger partial charge on any atom is 0.166 e. The minimum Gasteiger partial charge on any atom is -0.264 e. The molecule has 4 rings (SSSR count). The summed E-state index contributed by atoms with van der Waals surface area (Å²) in [7, 11) is 0. The van der Waals surface area contributed by atoms with Crippen LogP contribution < -0.4 is 0 Å². The molecular weight excluding hydrogens is 362 g/mol. The van der Waals surface area contributed by atoms with Gasteiger partial charge in [0.2, 0.25) is 0 Å². The fourth-order valence-electron chi connectivity index (χ4n) is 2.51. The third kappa shape index (κ3) is 2.98. The van der Waals surface area contributed by atoms with Crippen molar-refractivity contribution in [1.82, 2.24) is 20.2 Å². The van der Waals surface area contributed by atoms with Crippen molar-refractivity contribution in [3.8, 4) is 21.3 Å². The van der Waals surface area contributed by atoms with E-state index >= 15 is 0 Å². The molecule has 0 unspecified atom stereocenters. The molecule has 0 fully saturated rings. The van der Waals surface area contributed by atoms with Crippen molar-refractivity contribution < 1.29 is 0 Å². The lowest BCUT2D eigenvalue weighted by molar-refractivity contribution is 1.09. The Bertz CT molecular complexity index is 1130. The third-order valence-corrected chi connectivity index (χ3v) is 5.61. The number of hydrogen-bond donors (Lipinski definition) is 0. The molecule has 0 radical (unpaired) electrons. The van der Waals surface area contributed by atoms with Crippen molar-refractivity contribution in [2.75, 3.05) is 0 Å². The van der Waals surface area contributed by atoms with Gasteiger partial charge in [-0.3, -0.25) is 9.98 Å². The first-order valence-corrected chi connectivity index (χ1v) is 9.42. The minimum absolute atomic E-state index is 0.686. The van der Waals surface area contributed by atoms with Crippen LogP contribution in [0.4, 0.5) is 0 Å². The summed E-state index contributed by atoms with van der Waals surface area (Å²) in [5.41, 5.74) is 3.16. The molecular formula is C19H13N5S2. The molecule has 5 nitrogen and oxygen atoms in total. The molecule has 0 bridgehead atoms. The van der Waals surface area contributed by atoms with E-state index in [9.17, 15) is 0 Å². The standard InChI is InChI=1S/C19H13N5S2/c1-3-5-14(20-2)16-17-12(7-9-25-17)10-15(22-16)19-24-23-18(26-19)13-6-4-8-21-11-13/h3-11H,1-2H2/b14-5-. The first-order chi connectivity index (χ1) is 12.8. The van der Waals surface area contributed by atoms with Crippen LogP contribution in [0.25, 0.3) is 37.1 Å². The molecule has 0 saturated carbocycles. The highest BCUT2D eigenvalue weighted by Crippen LogP contribution is 2.35. The van der Waals surface area contributed by atoms with Crippen LogP contribution in [0.15, 0.2) is 65.8 Å². The molecule has 26 heavy (non-hydrogen) atoms. The van der Waals surface area contributed by atoms with E-state index in [0.29, 0.717) is 5.70 Å². The van der Waals surface area contributed by atoms with Crippen molar-refractivity contribution in [3.63, 3.8) is 0 Å². The highest BCUT2D eigenvalue weighted by atomic mass is 32.1. The maximum absolute atomic E-state index is 4.79. The first kappa shape index (κ1) is 16.4. The van der Waals surface area contributed by atoms with Gasteiger partial charge in [-0.05, 0) is 47.8 Å². The number of nitrogens with zero attached hydrogens (tertiary/aromatic N) is 5. The van der Waals surface area contributed by atoms with Crippen LogP contribution in [-0.2, 0) is 0 Å². The van der Waals surface area contributed by atoms with E-state index in [2.05, 4.69) is 39.5 Å². The topological polar surface area (TPSA) is 63.9 Å². The van der Waals surface area contributed by atoms with Gasteiger partial charge in [0.1, 0.15) is 16.4 Å². The third-order valence-electron chi connectivity index (χ3n) is 3.68. The molecule has 0 aliphatic carbocycles. The Labute approximate surface area is 158 Å². The molecule has 0 aliphatic heterocycles. The molecule has 0 aliphatic rings. The van der Waals surface area contributed by atoms with Crippen molar-refractivity contribution in [1.29, 1.82) is 0 Å². The summed E-state index contributed by atoms with van der Waals surface area (Å²) in [6, 6.07) is 7.93. The highest BCUT2D eigenvalue weighted by molar-refractivity contribution is 7.18. The second kappa shape index (κ2) is 7.07. The normalized spacial score (nSPS) is 11.6. The van der Waals surface area contributed by atoms with Crippen LogP contribution in [0.2, 0.25) is 0 Å². The van der Waals surface area contributed by atoms with Crippen LogP contribution >= 0.6 is 22.7 Å². The summed E-state index contributed by atoms with van der Waals surface area (Å²) in [6.45, 7) is 7.40. The van der Waals surface area contributed by atoms with Crippen LogP contribution in [0, 0.1) is 0 Å². The van der Waals surface area contributed by atoms with Gasteiger partial charge in [0, 0.05) is 18.0 Å². The van der Waals surface area contributed by atoms with Gasteiger partial charge in [-0.15, -0.1) is 21.5 Å². The molecule has 0 N–H and O–H groups in total. The summed E-state index contributed by atoms with van der Waals surface area (Å²) in [5, 5.41) is 13.3. The summed E-state index contributed by atoms with van der Waals surface area (Å²) in [6.07, 6.45) is 7.00. The molecule has 7 heteroatoms. The monoisotopic (exact) mass is 375 g/mol. The number of hydrogen-bond acceptors (Lipinski definition) is 7. The molecule has 4 aromatic rings. The lowest BCUT2D eigenvalue weighted by Crippen LogP contribution is -1.91. The molecule has 0 saturated heterocycles. The number of pyridine rings is 2. The zero-order valence-corrected chi connectivity index (χ0v) is 15.3. The van der Waals surface area contributed by atoms with E-state index < -0.39 is 0 Å². The van der Waals surface area contributed by atoms with E-state index in [-0.39, 0.29) is 0 Å². The number of aromatic nitrogens is 4. The molecule has 0 amide bonds. The Kier molecular flexibility index (Phi) is 4.47. The van der Waals surface area contributed by atoms with Gasteiger partial charge < -0.3 is 0 Å². The van der Waals surface area contributed by atoms with Gasteiger partial charge >= 0.3 is 0 Å². The molecule has 4 aromatic heterocycles. The lowest BCUT2D eigenvalue weighted by Gasteiger charge is -2.05. The predicted molar refractivity (Wildman–Crippen MR) is 109 cm³/mol. The SMILES string of the molecule is C=C/C=C(\N=C)c1nc(-c2nnc(-c3cccnc3)s2)cc2ccsc12. The smallest absolute Gasteiger partial charge is 0.166 e. The van der Waals surface area contributed by atoms with Gasteiger partial charge in [-0.2, -0.15) is 0 Å². The van der Waals surface area contributed by atoms with Crippen LogP contribution in [0.1, 0.15) is 5.69 Å². The van der Waals surface area contributed by atoms with Gasteiger partial charge in [0.05, 0.1) is 10.4 Å². The second-order valence-electron chi connectivity index (χ2n) is 5.29. The largest absolute Gasteiger partial charge is 0.264 e. The van der Waals surface area contributed by atoms with Gasteiger partial charge in [0.15, 0.2) is 5.01 Å². The first-order valence-electron chi connectivity index (χ1n) is 7.72. The highest BCUT2D eigenvalue weighted by Gasteiger charge is 2.15. The van der Waals surface area contributed by atoms with E-state index in [4.69, 9.17) is 4.98 Å². The van der Waals surface area contributed by atoms with E-state index in [0.717, 1.165) is 37.1 Å². The van der Waals surface area contributed by atoms with E-state index in [1.165, 1.54) is 11.3 Å². The number of thiophene rings is 1. The Hall–Kier alpha value is -3.03. The predicted octanol–water partition coefficient (Wildman–Crippen LogP) is 5.10. The second-order valence-corrected chi connectivity index (χ2v) is 7.19. The number of allylic oxidation sites excluding steroid dienone is 2. The van der Waals surface area contributed by atoms with Crippen LogP contribution in [0.5, 0.6) is 0 Å². The van der Waals surface area contributed by atoms with Gasteiger partial charge in [0.25, 0.3) is 0 Å².